The summed E-state index contributed by atoms with van der Waals surface area (Å²) >= 11 is 3.66. The van der Waals surface area contributed by atoms with E-state index in [1.54, 1.807) is 0 Å². The summed E-state index contributed by atoms with van der Waals surface area (Å²) in [5.41, 5.74) is 8.97. The molecule has 1 atom stereocenters. The van der Waals surface area contributed by atoms with Gasteiger partial charge in [0.1, 0.15) is 0 Å². The van der Waals surface area contributed by atoms with Crippen LogP contribution in [-0.2, 0) is 6.42 Å². The quantitative estimate of drug-likeness (QED) is 0.880. The monoisotopic (exact) mass is 308 g/mol. The highest BCUT2D eigenvalue weighted by molar-refractivity contribution is 9.10. The average molecular weight is 309 g/mol. The number of hydrogen-bond donors (Lipinski definition) is 2. The SMILES string of the molecule is NC1CCC(NC2CCc3c(Br)cccc32)CC1. The number of fused-ring (bicyclic) bond motifs is 1. The van der Waals surface area contributed by atoms with Crippen LogP contribution in [0, 0.1) is 0 Å². The molecular formula is C15H21BrN2. The van der Waals surface area contributed by atoms with Gasteiger partial charge in [0.25, 0.3) is 0 Å². The van der Waals surface area contributed by atoms with Gasteiger partial charge in [-0.1, -0.05) is 28.1 Å². The molecule has 0 spiro atoms. The fraction of sp³-hybridized carbons (Fsp3) is 0.600. The molecule has 98 valence electrons. The Kier molecular flexibility index (Phi) is 3.73. The van der Waals surface area contributed by atoms with E-state index in [-0.39, 0.29) is 0 Å². The lowest BCUT2D eigenvalue weighted by atomic mass is 9.91. The highest BCUT2D eigenvalue weighted by Gasteiger charge is 2.27. The van der Waals surface area contributed by atoms with Crippen molar-refractivity contribution in [2.24, 2.45) is 5.73 Å². The Morgan fingerprint density at radius 3 is 2.67 bits per heavy atom. The maximum Gasteiger partial charge on any atom is 0.0328 e. The van der Waals surface area contributed by atoms with Gasteiger partial charge in [-0.25, -0.2) is 0 Å². The van der Waals surface area contributed by atoms with Crippen molar-refractivity contribution in [1.29, 1.82) is 0 Å². The number of hydrogen-bond acceptors (Lipinski definition) is 2. The van der Waals surface area contributed by atoms with Gasteiger partial charge in [0.05, 0.1) is 0 Å². The lowest BCUT2D eigenvalue weighted by molar-refractivity contribution is 0.315. The molecule has 2 aliphatic rings. The van der Waals surface area contributed by atoms with E-state index in [2.05, 4.69) is 39.4 Å². The van der Waals surface area contributed by atoms with E-state index >= 15 is 0 Å². The summed E-state index contributed by atoms with van der Waals surface area (Å²) in [5, 5.41) is 3.85. The first-order valence-corrected chi connectivity index (χ1v) is 7.82. The molecule has 1 aromatic rings. The molecule has 0 bridgehead atoms. The summed E-state index contributed by atoms with van der Waals surface area (Å²) in [6.07, 6.45) is 7.26. The van der Waals surface area contributed by atoms with Crippen molar-refractivity contribution >= 4 is 15.9 Å². The molecule has 0 aromatic heterocycles. The minimum atomic E-state index is 0.438. The highest BCUT2D eigenvalue weighted by atomic mass is 79.9. The van der Waals surface area contributed by atoms with Crippen LogP contribution in [0.4, 0.5) is 0 Å². The maximum absolute atomic E-state index is 5.97. The van der Waals surface area contributed by atoms with Crippen molar-refractivity contribution in [2.75, 3.05) is 0 Å². The van der Waals surface area contributed by atoms with E-state index in [4.69, 9.17) is 5.73 Å². The van der Waals surface area contributed by atoms with Gasteiger partial charge in [-0.05, 0) is 55.7 Å². The van der Waals surface area contributed by atoms with Crippen LogP contribution in [0.25, 0.3) is 0 Å². The number of rotatable bonds is 2. The van der Waals surface area contributed by atoms with Crippen molar-refractivity contribution in [3.05, 3.63) is 33.8 Å². The maximum atomic E-state index is 5.97. The summed E-state index contributed by atoms with van der Waals surface area (Å²) in [4.78, 5) is 0. The van der Waals surface area contributed by atoms with Gasteiger partial charge in [0.15, 0.2) is 0 Å². The van der Waals surface area contributed by atoms with Gasteiger partial charge >= 0.3 is 0 Å². The van der Waals surface area contributed by atoms with Crippen LogP contribution in [0.5, 0.6) is 0 Å². The fourth-order valence-corrected chi connectivity index (χ4v) is 3.93. The van der Waals surface area contributed by atoms with Crippen molar-refractivity contribution in [2.45, 2.75) is 56.7 Å². The summed E-state index contributed by atoms with van der Waals surface area (Å²) in [6.45, 7) is 0. The summed E-state index contributed by atoms with van der Waals surface area (Å²) in [5.74, 6) is 0. The molecule has 1 aromatic carbocycles. The minimum absolute atomic E-state index is 0.438. The molecule has 0 radical (unpaired) electrons. The third kappa shape index (κ3) is 2.49. The lowest BCUT2D eigenvalue weighted by Gasteiger charge is -2.29. The Morgan fingerprint density at radius 1 is 1.11 bits per heavy atom. The van der Waals surface area contributed by atoms with Gasteiger partial charge in [0, 0.05) is 22.6 Å². The smallest absolute Gasteiger partial charge is 0.0328 e. The van der Waals surface area contributed by atoms with Gasteiger partial charge < -0.3 is 11.1 Å². The predicted molar refractivity (Wildman–Crippen MR) is 78.6 cm³/mol. The summed E-state index contributed by atoms with van der Waals surface area (Å²) < 4.78 is 1.27. The molecule has 1 saturated carbocycles. The minimum Gasteiger partial charge on any atom is -0.328 e. The largest absolute Gasteiger partial charge is 0.328 e. The van der Waals surface area contributed by atoms with Crippen molar-refractivity contribution in [1.82, 2.24) is 5.32 Å². The number of nitrogens with two attached hydrogens (primary N) is 1. The average Bonchev–Trinajstić information content (AvgIpc) is 2.77. The standard InChI is InChI=1S/C15H21BrN2/c16-14-3-1-2-13-12(14)8-9-15(13)18-11-6-4-10(17)5-7-11/h1-3,10-11,15,18H,4-9,17H2. The number of nitrogens with one attached hydrogen (secondary N) is 1. The molecule has 0 amide bonds. The molecule has 1 fully saturated rings. The number of benzene rings is 1. The zero-order chi connectivity index (χ0) is 12.5. The molecule has 2 nitrogen and oxygen atoms in total. The first-order valence-electron chi connectivity index (χ1n) is 7.03. The van der Waals surface area contributed by atoms with Crippen LogP contribution in [0.15, 0.2) is 22.7 Å². The van der Waals surface area contributed by atoms with Gasteiger partial charge in [0.2, 0.25) is 0 Å². The molecule has 1 unspecified atom stereocenters. The first-order chi connectivity index (χ1) is 8.74. The highest BCUT2D eigenvalue weighted by Crippen LogP contribution is 2.36. The molecule has 18 heavy (non-hydrogen) atoms. The molecular weight excluding hydrogens is 288 g/mol. The second-order valence-electron chi connectivity index (χ2n) is 5.68. The van der Waals surface area contributed by atoms with Crippen LogP contribution in [0.1, 0.15) is 49.3 Å². The lowest BCUT2D eigenvalue weighted by Crippen LogP contribution is -2.38. The first kappa shape index (κ1) is 12.6. The molecule has 3 heteroatoms. The predicted octanol–water partition coefficient (Wildman–Crippen LogP) is 3.30. The Bertz CT molecular complexity index is 425. The Morgan fingerprint density at radius 2 is 1.89 bits per heavy atom. The van der Waals surface area contributed by atoms with Crippen molar-refractivity contribution < 1.29 is 0 Å². The van der Waals surface area contributed by atoms with Crippen molar-refractivity contribution in [3.63, 3.8) is 0 Å². The van der Waals surface area contributed by atoms with Gasteiger partial charge in [-0.15, -0.1) is 0 Å². The van der Waals surface area contributed by atoms with E-state index in [9.17, 15) is 0 Å². The van der Waals surface area contributed by atoms with Gasteiger partial charge in [-0.2, -0.15) is 0 Å². The van der Waals surface area contributed by atoms with E-state index in [1.807, 2.05) is 0 Å². The van der Waals surface area contributed by atoms with Crippen LogP contribution in [0.3, 0.4) is 0 Å². The third-order valence-electron chi connectivity index (χ3n) is 4.42. The van der Waals surface area contributed by atoms with E-state index in [0.717, 1.165) is 0 Å². The molecule has 3 N–H and O–H groups in total. The van der Waals surface area contributed by atoms with Crippen LogP contribution >= 0.6 is 15.9 Å². The van der Waals surface area contributed by atoms with E-state index in [1.165, 1.54) is 54.1 Å². The van der Waals surface area contributed by atoms with Crippen LogP contribution < -0.4 is 11.1 Å². The molecule has 3 rings (SSSR count). The normalized spacial score (nSPS) is 31.3. The zero-order valence-electron chi connectivity index (χ0n) is 10.7. The third-order valence-corrected chi connectivity index (χ3v) is 5.17. The molecule has 0 aliphatic heterocycles. The second kappa shape index (κ2) is 5.32. The Balaban J connectivity index is 1.68. The number of halogens is 1. The second-order valence-corrected chi connectivity index (χ2v) is 6.53. The van der Waals surface area contributed by atoms with Gasteiger partial charge in [-0.3, -0.25) is 0 Å². The van der Waals surface area contributed by atoms with E-state index < -0.39 is 0 Å². The molecule has 0 heterocycles. The van der Waals surface area contributed by atoms with Crippen molar-refractivity contribution in [3.8, 4) is 0 Å². The van der Waals surface area contributed by atoms with E-state index in [0.29, 0.717) is 18.1 Å². The zero-order valence-corrected chi connectivity index (χ0v) is 12.2. The summed E-state index contributed by atoms with van der Waals surface area (Å²) in [7, 11) is 0. The van der Waals surface area contributed by atoms with Crippen LogP contribution in [-0.4, -0.2) is 12.1 Å². The summed E-state index contributed by atoms with van der Waals surface area (Å²) in [6, 6.07) is 8.24. The molecule has 2 aliphatic carbocycles. The van der Waals surface area contributed by atoms with Crippen LogP contribution in [0.2, 0.25) is 0 Å². The fourth-order valence-electron chi connectivity index (χ4n) is 3.35. The molecule has 0 saturated heterocycles. The Hall–Kier alpha value is -0.380. The Labute approximate surface area is 117 Å². The topological polar surface area (TPSA) is 38.0 Å².